The molecule has 0 unspecified atom stereocenters. The number of ether oxygens (including phenoxy) is 2. The van der Waals surface area contributed by atoms with Gasteiger partial charge >= 0.3 is 0 Å². The van der Waals surface area contributed by atoms with E-state index >= 15 is 0 Å². The van der Waals surface area contributed by atoms with Gasteiger partial charge < -0.3 is 24.2 Å². The first kappa shape index (κ1) is 33.9. The van der Waals surface area contributed by atoms with Gasteiger partial charge in [0.2, 0.25) is 11.8 Å². The van der Waals surface area contributed by atoms with Crippen LogP contribution in [0.1, 0.15) is 87.1 Å². The van der Waals surface area contributed by atoms with Gasteiger partial charge in [-0.15, -0.1) is 11.3 Å². The molecule has 7 nitrogen and oxygen atoms in total. The van der Waals surface area contributed by atoms with E-state index in [9.17, 15) is 9.59 Å². The Balaban J connectivity index is 1.66. The molecule has 0 atom stereocenters. The largest absolute Gasteiger partial charge is 0.493 e. The summed E-state index contributed by atoms with van der Waals surface area (Å²) in [5.41, 5.74) is 2.28. The smallest absolute Gasteiger partial charge is 0.242 e. The van der Waals surface area contributed by atoms with Gasteiger partial charge in [-0.25, -0.2) is 0 Å². The van der Waals surface area contributed by atoms with Crippen LogP contribution in [0.3, 0.4) is 0 Å². The highest BCUT2D eigenvalue weighted by Gasteiger charge is 2.23. The van der Waals surface area contributed by atoms with Crippen LogP contribution >= 0.6 is 11.3 Å². The highest BCUT2D eigenvalue weighted by atomic mass is 32.1. The second-order valence-electron chi connectivity index (χ2n) is 11.5. The van der Waals surface area contributed by atoms with E-state index in [1.807, 2.05) is 28.0 Å². The zero-order valence-electron chi connectivity index (χ0n) is 26.5. The van der Waals surface area contributed by atoms with E-state index in [2.05, 4.69) is 30.2 Å². The van der Waals surface area contributed by atoms with Crippen LogP contribution in [0.2, 0.25) is 0 Å². The Labute approximate surface area is 258 Å². The van der Waals surface area contributed by atoms with Gasteiger partial charge in [0.1, 0.15) is 0 Å². The summed E-state index contributed by atoms with van der Waals surface area (Å²) >= 11 is 1.68. The summed E-state index contributed by atoms with van der Waals surface area (Å²) < 4.78 is 10.9. The maximum Gasteiger partial charge on any atom is 0.242 e. The van der Waals surface area contributed by atoms with Crippen molar-refractivity contribution in [1.29, 1.82) is 0 Å². The fraction of sp³-hybridized carbons (Fsp3) is 0.647. The summed E-state index contributed by atoms with van der Waals surface area (Å²) in [7, 11) is 3.27. The second kappa shape index (κ2) is 18.9. The fourth-order valence-electron chi connectivity index (χ4n) is 5.55. The number of benzene rings is 1. The molecular weight excluding hydrogens is 546 g/mol. The third-order valence-corrected chi connectivity index (χ3v) is 9.34. The van der Waals surface area contributed by atoms with Crippen molar-refractivity contribution in [2.24, 2.45) is 0 Å². The third kappa shape index (κ3) is 11.3. The number of amides is 2. The van der Waals surface area contributed by atoms with Gasteiger partial charge in [0.25, 0.3) is 0 Å². The molecular formula is C34H53N3O4S. The van der Waals surface area contributed by atoms with Crippen molar-refractivity contribution in [3.8, 4) is 11.5 Å². The quantitative estimate of drug-likeness (QED) is 0.158. The van der Waals surface area contributed by atoms with E-state index < -0.39 is 0 Å². The number of thiophene rings is 1. The first-order valence-electron chi connectivity index (χ1n) is 16.0. The van der Waals surface area contributed by atoms with E-state index in [4.69, 9.17) is 9.47 Å². The maximum atomic E-state index is 13.9. The van der Waals surface area contributed by atoms with Crippen molar-refractivity contribution in [2.45, 2.75) is 91.0 Å². The summed E-state index contributed by atoms with van der Waals surface area (Å²) in [5.74, 6) is 1.50. The highest BCUT2D eigenvalue weighted by molar-refractivity contribution is 7.10. The lowest BCUT2D eigenvalue weighted by Crippen LogP contribution is -2.45. The molecule has 1 aliphatic rings. The van der Waals surface area contributed by atoms with Gasteiger partial charge in [0.15, 0.2) is 11.5 Å². The van der Waals surface area contributed by atoms with Crippen LogP contribution in [-0.4, -0.2) is 80.0 Å². The van der Waals surface area contributed by atoms with Crippen LogP contribution in [0.4, 0.5) is 0 Å². The first-order valence-corrected chi connectivity index (χ1v) is 16.8. The van der Waals surface area contributed by atoms with Gasteiger partial charge in [0, 0.05) is 30.9 Å². The Morgan fingerprint density at radius 3 is 2.26 bits per heavy atom. The van der Waals surface area contributed by atoms with Crippen LogP contribution in [-0.2, 0) is 22.6 Å². The molecule has 1 aromatic heterocycles. The number of unbranched alkanes of at least 4 members (excludes halogenated alkanes) is 6. The number of hydrogen-bond acceptors (Lipinski definition) is 6. The Bertz CT molecular complexity index is 1080. The zero-order valence-corrected chi connectivity index (χ0v) is 27.3. The topological polar surface area (TPSA) is 62.3 Å². The Kier molecular flexibility index (Phi) is 15.2. The number of carbonyl (C=O) groups is 2. The summed E-state index contributed by atoms with van der Waals surface area (Å²) in [6.07, 6.45) is 11.9. The van der Waals surface area contributed by atoms with Crippen molar-refractivity contribution >= 4 is 23.2 Å². The minimum Gasteiger partial charge on any atom is -0.493 e. The van der Waals surface area contributed by atoms with Crippen molar-refractivity contribution in [1.82, 2.24) is 14.7 Å². The monoisotopic (exact) mass is 599 g/mol. The van der Waals surface area contributed by atoms with Crippen molar-refractivity contribution in [3.05, 3.63) is 45.6 Å². The third-order valence-electron chi connectivity index (χ3n) is 8.33. The molecule has 0 spiro atoms. The molecule has 2 heterocycles. The van der Waals surface area contributed by atoms with Crippen LogP contribution in [0.25, 0.3) is 0 Å². The van der Waals surface area contributed by atoms with E-state index in [1.54, 1.807) is 25.6 Å². The average Bonchev–Trinajstić information content (AvgIpc) is 3.68. The van der Waals surface area contributed by atoms with Crippen LogP contribution < -0.4 is 9.47 Å². The lowest BCUT2D eigenvalue weighted by atomic mass is 10.1. The molecule has 0 saturated carbocycles. The van der Waals surface area contributed by atoms with E-state index in [1.165, 1.54) is 55.4 Å². The molecule has 0 radical (unpaired) electrons. The molecule has 1 aliphatic heterocycles. The lowest BCUT2D eigenvalue weighted by Gasteiger charge is -2.29. The van der Waals surface area contributed by atoms with Crippen LogP contribution in [0.5, 0.6) is 11.5 Å². The normalized spacial score (nSPS) is 13.3. The van der Waals surface area contributed by atoms with E-state index in [0.29, 0.717) is 44.0 Å². The maximum absolute atomic E-state index is 13.9. The number of rotatable bonds is 20. The minimum absolute atomic E-state index is 0.0117. The number of carbonyl (C=O) groups excluding carboxylic acids is 2. The molecule has 1 saturated heterocycles. The van der Waals surface area contributed by atoms with E-state index in [-0.39, 0.29) is 18.4 Å². The Morgan fingerprint density at radius 1 is 0.881 bits per heavy atom. The van der Waals surface area contributed by atoms with Gasteiger partial charge in [0.05, 0.1) is 27.3 Å². The Morgan fingerprint density at radius 2 is 1.60 bits per heavy atom. The zero-order chi connectivity index (χ0) is 30.2. The number of hydrogen-bond donors (Lipinski definition) is 0. The number of likely N-dealkylation sites (tertiary alicyclic amines) is 1. The van der Waals surface area contributed by atoms with Crippen molar-refractivity contribution in [2.75, 3.05) is 53.5 Å². The average molecular weight is 600 g/mol. The molecule has 2 aromatic rings. The molecule has 42 heavy (non-hydrogen) atoms. The highest BCUT2D eigenvalue weighted by Crippen LogP contribution is 2.28. The molecule has 3 rings (SSSR count). The molecule has 2 amide bonds. The van der Waals surface area contributed by atoms with E-state index in [0.717, 1.165) is 38.0 Å². The summed E-state index contributed by atoms with van der Waals surface area (Å²) in [6, 6.07) is 8.01. The number of nitrogens with zero attached hydrogens (tertiary/aromatic N) is 3. The fourth-order valence-corrected chi connectivity index (χ4v) is 6.47. The van der Waals surface area contributed by atoms with Crippen molar-refractivity contribution in [3.63, 3.8) is 0 Å². The Hall–Kier alpha value is -2.58. The summed E-state index contributed by atoms with van der Waals surface area (Å²) in [4.78, 5) is 34.7. The van der Waals surface area contributed by atoms with Crippen molar-refractivity contribution < 1.29 is 19.1 Å². The number of methoxy groups -OCH3 is 2. The number of aryl methyl sites for hydroxylation is 1. The van der Waals surface area contributed by atoms with Gasteiger partial charge in [-0.1, -0.05) is 51.5 Å². The summed E-state index contributed by atoms with van der Waals surface area (Å²) in [5, 5.41) is 2.08. The van der Waals surface area contributed by atoms with Gasteiger partial charge in [-0.2, -0.15) is 0 Å². The van der Waals surface area contributed by atoms with Crippen LogP contribution in [0, 0.1) is 6.92 Å². The molecule has 0 aliphatic carbocycles. The molecule has 1 fully saturated rings. The predicted octanol–water partition coefficient (Wildman–Crippen LogP) is 6.71. The molecule has 0 bridgehead atoms. The molecule has 1 aromatic carbocycles. The van der Waals surface area contributed by atoms with Gasteiger partial charge in [-0.05, 0) is 80.4 Å². The second-order valence-corrected chi connectivity index (χ2v) is 12.5. The first-order chi connectivity index (χ1) is 20.4. The standard InChI is InChI=1S/C34H53N3O4S/c1-5-6-7-8-9-10-11-14-33(38)37(23-22-35-19-12-13-20-35)27-34(39)36(26-32-28(2)18-24-42-32)21-17-29-15-16-30(40-3)31(25-29)41-4/h15-16,18,24-25H,5-14,17,19-23,26-27H2,1-4H3. The SMILES string of the molecule is CCCCCCCCCC(=O)N(CCN1CCCC1)CC(=O)N(CCc1ccc(OC)c(OC)c1)Cc1sccc1C. The summed E-state index contributed by atoms with van der Waals surface area (Å²) in [6.45, 7) is 9.21. The van der Waals surface area contributed by atoms with Gasteiger partial charge in [-0.3, -0.25) is 9.59 Å². The molecule has 234 valence electrons. The molecule has 0 N–H and O–H groups in total. The molecule has 8 heteroatoms. The van der Waals surface area contributed by atoms with Crippen LogP contribution in [0.15, 0.2) is 29.6 Å². The predicted molar refractivity (Wildman–Crippen MR) is 173 cm³/mol. The lowest BCUT2D eigenvalue weighted by molar-refractivity contribution is -0.141. The minimum atomic E-state index is 0.0117.